The van der Waals surface area contributed by atoms with Gasteiger partial charge in [-0.3, -0.25) is 4.90 Å². The average Bonchev–Trinajstić information content (AvgIpc) is 2.77. The fourth-order valence-corrected chi connectivity index (χ4v) is 2.52. The molecule has 0 radical (unpaired) electrons. The molecule has 2 atom stereocenters. The van der Waals surface area contributed by atoms with Gasteiger partial charge in [-0.05, 0) is 37.8 Å². The highest BCUT2D eigenvalue weighted by molar-refractivity contribution is 5.08. The molecule has 2 heterocycles. The van der Waals surface area contributed by atoms with E-state index in [0.29, 0.717) is 0 Å². The van der Waals surface area contributed by atoms with Gasteiger partial charge < -0.3 is 4.42 Å². The molecule has 1 aliphatic carbocycles. The first kappa shape index (κ1) is 7.63. The van der Waals surface area contributed by atoms with Gasteiger partial charge in [0.25, 0.3) is 0 Å². The molecular formula is C11H15NO. The second-order valence-corrected chi connectivity index (χ2v) is 4.31. The van der Waals surface area contributed by atoms with Crippen LogP contribution >= 0.6 is 0 Å². The van der Waals surface area contributed by atoms with Crippen LogP contribution in [0.15, 0.2) is 23.0 Å². The van der Waals surface area contributed by atoms with Crippen molar-refractivity contribution in [2.24, 2.45) is 5.92 Å². The van der Waals surface area contributed by atoms with Crippen LogP contribution in [0.2, 0.25) is 0 Å². The third-order valence-electron chi connectivity index (χ3n) is 3.34. The molecule has 0 aromatic carbocycles. The van der Waals surface area contributed by atoms with E-state index in [9.17, 15) is 0 Å². The zero-order valence-electron chi connectivity index (χ0n) is 7.78. The molecule has 2 unspecified atom stereocenters. The fraction of sp³-hybridized carbons (Fsp3) is 0.636. The summed E-state index contributed by atoms with van der Waals surface area (Å²) in [5.41, 5.74) is 1.33. The number of furan rings is 1. The van der Waals surface area contributed by atoms with Crippen LogP contribution in [0.25, 0.3) is 0 Å². The molecule has 2 nitrogen and oxygen atoms in total. The highest BCUT2D eigenvalue weighted by Crippen LogP contribution is 2.43. The summed E-state index contributed by atoms with van der Waals surface area (Å²) in [6.07, 6.45) is 7.93. The number of piperidine rings is 1. The van der Waals surface area contributed by atoms with E-state index in [1.165, 1.54) is 31.4 Å². The molecule has 0 spiro atoms. The van der Waals surface area contributed by atoms with Gasteiger partial charge in [-0.1, -0.05) is 0 Å². The van der Waals surface area contributed by atoms with Crippen LogP contribution in [-0.2, 0) is 6.54 Å². The summed E-state index contributed by atoms with van der Waals surface area (Å²) in [5, 5.41) is 0. The van der Waals surface area contributed by atoms with E-state index in [4.69, 9.17) is 4.42 Å². The molecule has 2 heteroatoms. The number of hydrogen-bond acceptors (Lipinski definition) is 2. The van der Waals surface area contributed by atoms with Gasteiger partial charge >= 0.3 is 0 Å². The number of fused-ring (bicyclic) bond motifs is 1. The Hall–Kier alpha value is -0.760. The fourth-order valence-electron chi connectivity index (χ4n) is 2.52. The van der Waals surface area contributed by atoms with Gasteiger partial charge in [-0.25, -0.2) is 0 Å². The highest BCUT2D eigenvalue weighted by atomic mass is 16.3. The van der Waals surface area contributed by atoms with E-state index >= 15 is 0 Å². The summed E-state index contributed by atoms with van der Waals surface area (Å²) in [5.74, 6) is 1.03. The van der Waals surface area contributed by atoms with Gasteiger partial charge in [0.15, 0.2) is 0 Å². The maximum atomic E-state index is 5.08. The number of rotatable bonds is 2. The lowest BCUT2D eigenvalue weighted by Crippen LogP contribution is -2.30. The lowest BCUT2D eigenvalue weighted by atomic mass is 10.1. The predicted octanol–water partition coefficient (Wildman–Crippen LogP) is 2.26. The minimum Gasteiger partial charge on any atom is -0.472 e. The molecule has 3 rings (SSSR count). The van der Waals surface area contributed by atoms with Crippen LogP contribution in [0, 0.1) is 5.92 Å². The molecule has 2 aliphatic rings. The Morgan fingerprint density at radius 1 is 1.54 bits per heavy atom. The van der Waals surface area contributed by atoms with Crippen molar-refractivity contribution >= 4 is 0 Å². The first-order valence-corrected chi connectivity index (χ1v) is 5.18. The Morgan fingerprint density at radius 3 is 3.38 bits per heavy atom. The molecule has 1 saturated heterocycles. The van der Waals surface area contributed by atoms with Gasteiger partial charge in [0.2, 0.25) is 0 Å². The summed E-state index contributed by atoms with van der Waals surface area (Å²) in [4.78, 5) is 2.61. The van der Waals surface area contributed by atoms with Gasteiger partial charge in [-0.15, -0.1) is 0 Å². The number of likely N-dealkylation sites (tertiary alicyclic amines) is 1. The second-order valence-electron chi connectivity index (χ2n) is 4.31. The lowest BCUT2D eigenvalue weighted by Gasteiger charge is -2.25. The van der Waals surface area contributed by atoms with E-state index in [2.05, 4.69) is 11.0 Å². The first-order valence-electron chi connectivity index (χ1n) is 5.18. The van der Waals surface area contributed by atoms with Gasteiger partial charge in [-0.2, -0.15) is 0 Å². The quantitative estimate of drug-likeness (QED) is 0.689. The first-order chi connectivity index (χ1) is 6.43. The Kier molecular flexibility index (Phi) is 1.69. The van der Waals surface area contributed by atoms with Crippen molar-refractivity contribution in [3.05, 3.63) is 24.2 Å². The van der Waals surface area contributed by atoms with Crippen molar-refractivity contribution in [2.45, 2.75) is 31.8 Å². The molecule has 70 valence electrons. The van der Waals surface area contributed by atoms with Crippen LogP contribution in [0.3, 0.4) is 0 Å². The molecule has 0 bridgehead atoms. The van der Waals surface area contributed by atoms with Crippen molar-refractivity contribution in [1.82, 2.24) is 4.90 Å². The van der Waals surface area contributed by atoms with Gasteiger partial charge in [0, 0.05) is 18.2 Å². The second kappa shape index (κ2) is 2.88. The zero-order valence-corrected chi connectivity index (χ0v) is 7.78. The predicted molar refractivity (Wildman–Crippen MR) is 50.2 cm³/mol. The van der Waals surface area contributed by atoms with Crippen LogP contribution in [0.1, 0.15) is 24.8 Å². The molecule has 13 heavy (non-hydrogen) atoms. The molecule has 0 amide bonds. The van der Waals surface area contributed by atoms with E-state index < -0.39 is 0 Å². The Labute approximate surface area is 78.5 Å². The highest BCUT2D eigenvalue weighted by Gasteiger charge is 2.43. The normalized spacial score (nSPS) is 32.9. The largest absolute Gasteiger partial charge is 0.472 e. The van der Waals surface area contributed by atoms with Gasteiger partial charge in [0.05, 0.1) is 12.5 Å². The standard InChI is InChI=1S/C11H15NO/c1-2-10-6-11(10)12(4-1)7-9-3-5-13-8-9/h3,5,8,10-11H,1-2,4,6-7H2. The molecule has 2 fully saturated rings. The summed E-state index contributed by atoms with van der Waals surface area (Å²) in [7, 11) is 0. The maximum Gasteiger partial charge on any atom is 0.0947 e. The maximum absolute atomic E-state index is 5.08. The Morgan fingerprint density at radius 2 is 2.54 bits per heavy atom. The minimum atomic E-state index is 0.906. The Bertz CT molecular complexity index is 280. The monoisotopic (exact) mass is 177 g/mol. The molecular weight excluding hydrogens is 162 g/mol. The number of hydrogen-bond donors (Lipinski definition) is 0. The van der Waals surface area contributed by atoms with E-state index in [-0.39, 0.29) is 0 Å². The molecule has 1 aromatic rings. The molecule has 1 saturated carbocycles. The van der Waals surface area contributed by atoms with Crippen molar-refractivity contribution < 1.29 is 4.42 Å². The summed E-state index contributed by atoms with van der Waals surface area (Å²) in [6.45, 7) is 2.38. The molecule has 0 N–H and O–H groups in total. The van der Waals surface area contributed by atoms with Crippen molar-refractivity contribution in [2.75, 3.05) is 6.54 Å². The third-order valence-corrected chi connectivity index (χ3v) is 3.34. The SMILES string of the molecule is c1cc(CN2CCCC3CC32)co1. The smallest absolute Gasteiger partial charge is 0.0947 e. The third kappa shape index (κ3) is 1.39. The van der Waals surface area contributed by atoms with Crippen LogP contribution in [-0.4, -0.2) is 17.5 Å². The van der Waals surface area contributed by atoms with Crippen LogP contribution in [0.4, 0.5) is 0 Å². The summed E-state index contributed by atoms with van der Waals surface area (Å²) in [6, 6.07) is 2.98. The molecule has 1 aliphatic heterocycles. The van der Waals surface area contributed by atoms with Crippen LogP contribution in [0.5, 0.6) is 0 Å². The van der Waals surface area contributed by atoms with Crippen molar-refractivity contribution in [1.29, 1.82) is 0 Å². The van der Waals surface area contributed by atoms with E-state index in [1.807, 2.05) is 6.26 Å². The summed E-state index contributed by atoms with van der Waals surface area (Å²) < 4.78 is 5.08. The molecule has 1 aromatic heterocycles. The van der Waals surface area contributed by atoms with Gasteiger partial charge in [0.1, 0.15) is 0 Å². The topological polar surface area (TPSA) is 16.4 Å². The minimum absolute atomic E-state index is 0.906. The van der Waals surface area contributed by atoms with Crippen molar-refractivity contribution in [3.63, 3.8) is 0 Å². The van der Waals surface area contributed by atoms with E-state index in [1.54, 1.807) is 6.26 Å². The zero-order chi connectivity index (χ0) is 8.67. The van der Waals surface area contributed by atoms with Crippen LogP contribution < -0.4 is 0 Å². The Balaban J connectivity index is 1.66. The average molecular weight is 177 g/mol. The van der Waals surface area contributed by atoms with Crippen molar-refractivity contribution in [3.8, 4) is 0 Å². The lowest BCUT2D eigenvalue weighted by molar-refractivity contribution is 0.207. The summed E-state index contributed by atoms with van der Waals surface area (Å²) >= 11 is 0. The number of nitrogens with zero attached hydrogens (tertiary/aromatic N) is 1. The van der Waals surface area contributed by atoms with E-state index in [0.717, 1.165) is 18.5 Å².